The highest BCUT2D eigenvalue weighted by molar-refractivity contribution is 6.20. The molecule has 20 heavy (non-hydrogen) atoms. The molecule has 1 saturated carbocycles. The van der Waals surface area contributed by atoms with Gasteiger partial charge < -0.3 is 10.1 Å². The van der Waals surface area contributed by atoms with Gasteiger partial charge in [0.2, 0.25) is 0 Å². The van der Waals surface area contributed by atoms with Gasteiger partial charge >= 0.3 is 0 Å². The zero-order valence-corrected chi connectivity index (χ0v) is 12.3. The van der Waals surface area contributed by atoms with Gasteiger partial charge in [0.25, 0.3) is 5.91 Å². The number of alkyl halides is 1. The summed E-state index contributed by atoms with van der Waals surface area (Å²) < 4.78 is 18.8. The number of methoxy groups -OCH3 is 1. The second-order valence-corrected chi connectivity index (χ2v) is 5.65. The molecular weight excluding hydrogens is 281 g/mol. The van der Waals surface area contributed by atoms with E-state index >= 15 is 0 Å². The van der Waals surface area contributed by atoms with Crippen LogP contribution in [0.4, 0.5) is 4.39 Å². The van der Waals surface area contributed by atoms with Gasteiger partial charge in [0.05, 0.1) is 7.11 Å². The fourth-order valence-corrected chi connectivity index (χ4v) is 2.97. The average molecular weight is 300 g/mol. The van der Waals surface area contributed by atoms with Crippen molar-refractivity contribution >= 4 is 17.5 Å². The van der Waals surface area contributed by atoms with E-state index in [0.717, 1.165) is 25.7 Å². The van der Waals surface area contributed by atoms with Crippen LogP contribution >= 0.6 is 11.6 Å². The summed E-state index contributed by atoms with van der Waals surface area (Å²) in [5.74, 6) is -0.525. The summed E-state index contributed by atoms with van der Waals surface area (Å²) >= 11 is 6.25. The summed E-state index contributed by atoms with van der Waals surface area (Å²) in [6.07, 6.45) is 4.25. The first-order valence-corrected chi connectivity index (χ1v) is 7.32. The predicted octanol–water partition coefficient (Wildman–Crippen LogP) is 3.36. The summed E-state index contributed by atoms with van der Waals surface area (Å²) in [7, 11) is 1.42. The number of ether oxygens (including phenoxy) is 1. The van der Waals surface area contributed by atoms with Crippen LogP contribution in [0.25, 0.3) is 0 Å². The van der Waals surface area contributed by atoms with E-state index < -0.39 is 11.7 Å². The Labute approximate surface area is 123 Å². The van der Waals surface area contributed by atoms with Crippen molar-refractivity contribution in [2.45, 2.75) is 31.1 Å². The van der Waals surface area contributed by atoms with Crippen LogP contribution in [0.15, 0.2) is 18.2 Å². The lowest BCUT2D eigenvalue weighted by molar-refractivity contribution is 0.0936. The fraction of sp³-hybridized carbons (Fsp3) is 0.533. The molecular formula is C15H19ClFNO2. The highest BCUT2D eigenvalue weighted by Gasteiger charge is 2.25. The van der Waals surface area contributed by atoms with Crippen LogP contribution in [0.2, 0.25) is 0 Å². The Hall–Kier alpha value is -1.29. The Morgan fingerprint density at radius 3 is 2.90 bits per heavy atom. The van der Waals surface area contributed by atoms with Crippen molar-refractivity contribution in [1.29, 1.82) is 0 Å². The molecule has 0 aromatic heterocycles. The lowest BCUT2D eigenvalue weighted by Gasteiger charge is -2.27. The van der Waals surface area contributed by atoms with Crippen LogP contribution in [0, 0.1) is 11.7 Å². The number of carbonyl (C=O) groups is 1. The highest BCUT2D eigenvalue weighted by atomic mass is 35.5. The molecule has 1 aromatic rings. The minimum absolute atomic E-state index is 0.0445. The number of amides is 1. The largest absolute Gasteiger partial charge is 0.496 e. The molecule has 0 bridgehead atoms. The van der Waals surface area contributed by atoms with Crippen molar-refractivity contribution in [1.82, 2.24) is 5.32 Å². The van der Waals surface area contributed by atoms with E-state index in [9.17, 15) is 9.18 Å². The van der Waals surface area contributed by atoms with E-state index in [1.807, 2.05) is 0 Å². The lowest BCUT2D eigenvalue weighted by atomic mass is 9.88. The van der Waals surface area contributed by atoms with E-state index in [2.05, 4.69) is 5.32 Å². The number of hydrogen-bond acceptors (Lipinski definition) is 2. The van der Waals surface area contributed by atoms with E-state index in [1.165, 1.54) is 19.2 Å². The molecule has 0 spiro atoms. The van der Waals surface area contributed by atoms with Gasteiger partial charge in [-0.25, -0.2) is 4.39 Å². The molecule has 2 atom stereocenters. The van der Waals surface area contributed by atoms with Gasteiger partial charge in [0, 0.05) is 11.9 Å². The molecule has 1 fully saturated rings. The van der Waals surface area contributed by atoms with Crippen LogP contribution in [-0.4, -0.2) is 24.9 Å². The Kier molecular flexibility index (Phi) is 5.24. The van der Waals surface area contributed by atoms with E-state index in [0.29, 0.717) is 6.54 Å². The van der Waals surface area contributed by atoms with Crippen molar-refractivity contribution in [2.24, 2.45) is 5.92 Å². The molecule has 1 aliphatic carbocycles. The van der Waals surface area contributed by atoms with Gasteiger partial charge in [0.15, 0.2) is 0 Å². The maximum Gasteiger partial charge on any atom is 0.258 e. The summed E-state index contributed by atoms with van der Waals surface area (Å²) in [5, 5.41) is 2.86. The molecule has 0 radical (unpaired) electrons. The third-order valence-corrected chi connectivity index (χ3v) is 4.34. The average Bonchev–Trinajstić information content (AvgIpc) is 2.45. The van der Waals surface area contributed by atoms with Crippen molar-refractivity contribution in [3.63, 3.8) is 0 Å². The third kappa shape index (κ3) is 3.42. The van der Waals surface area contributed by atoms with Gasteiger partial charge in [-0.05, 0) is 30.9 Å². The van der Waals surface area contributed by atoms with E-state index in [1.54, 1.807) is 6.07 Å². The summed E-state index contributed by atoms with van der Waals surface area (Å²) in [6.45, 7) is 0.477. The first-order chi connectivity index (χ1) is 9.63. The van der Waals surface area contributed by atoms with Gasteiger partial charge in [0.1, 0.15) is 17.1 Å². The van der Waals surface area contributed by atoms with Crippen LogP contribution in [0.5, 0.6) is 5.75 Å². The van der Waals surface area contributed by atoms with Crippen LogP contribution in [-0.2, 0) is 0 Å². The highest BCUT2D eigenvalue weighted by Crippen LogP contribution is 2.28. The summed E-state index contributed by atoms with van der Waals surface area (Å²) in [6, 6.07) is 4.34. The van der Waals surface area contributed by atoms with Gasteiger partial charge in [-0.15, -0.1) is 11.6 Å². The second-order valence-electron chi connectivity index (χ2n) is 5.09. The lowest BCUT2D eigenvalue weighted by Crippen LogP contribution is -2.35. The van der Waals surface area contributed by atoms with Gasteiger partial charge in [-0.2, -0.15) is 0 Å². The minimum Gasteiger partial charge on any atom is -0.496 e. The Bertz CT molecular complexity index is 481. The van der Waals surface area contributed by atoms with Crippen molar-refractivity contribution in [2.75, 3.05) is 13.7 Å². The van der Waals surface area contributed by atoms with Crippen LogP contribution < -0.4 is 10.1 Å². The number of hydrogen-bond donors (Lipinski definition) is 1. The molecule has 3 nitrogen and oxygen atoms in total. The Balaban J connectivity index is 2.01. The van der Waals surface area contributed by atoms with E-state index in [4.69, 9.17) is 16.3 Å². The molecule has 0 heterocycles. The Morgan fingerprint density at radius 1 is 1.45 bits per heavy atom. The summed E-state index contributed by atoms with van der Waals surface area (Å²) in [5.41, 5.74) is -0.0445. The smallest absolute Gasteiger partial charge is 0.258 e. The van der Waals surface area contributed by atoms with Gasteiger partial charge in [-0.1, -0.05) is 18.9 Å². The first kappa shape index (κ1) is 15.1. The molecule has 5 heteroatoms. The van der Waals surface area contributed by atoms with Gasteiger partial charge in [-0.3, -0.25) is 4.79 Å². The normalized spacial score (nSPS) is 22.4. The second kappa shape index (κ2) is 6.93. The number of nitrogens with one attached hydrogen (secondary N) is 1. The van der Waals surface area contributed by atoms with Crippen LogP contribution in [0.3, 0.4) is 0 Å². The zero-order chi connectivity index (χ0) is 14.5. The molecule has 0 aliphatic heterocycles. The molecule has 0 saturated heterocycles. The number of carbonyl (C=O) groups excluding carboxylic acids is 1. The van der Waals surface area contributed by atoms with Crippen molar-refractivity contribution in [3.8, 4) is 5.75 Å². The number of benzene rings is 1. The molecule has 1 aliphatic rings. The van der Waals surface area contributed by atoms with Crippen molar-refractivity contribution < 1.29 is 13.9 Å². The monoisotopic (exact) mass is 299 g/mol. The maximum atomic E-state index is 13.8. The fourth-order valence-electron chi connectivity index (χ4n) is 2.60. The maximum absolute atomic E-state index is 13.8. The number of rotatable bonds is 4. The number of halogens is 2. The third-order valence-electron chi connectivity index (χ3n) is 3.76. The Morgan fingerprint density at radius 2 is 2.20 bits per heavy atom. The topological polar surface area (TPSA) is 38.3 Å². The molecule has 2 unspecified atom stereocenters. The van der Waals surface area contributed by atoms with Crippen LogP contribution in [0.1, 0.15) is 36.0 Å². The quantitative estimate of drug-likeness (QED) is 0.866. The molecule has 110 valence electrons. The van der Waals surface area contributed by atoms with Crippen molar-refractivity contribution in [3.05, 3.63) is 29.6 Å². The zero-order valence-electron chi connectivity index (χ0n) is 11.5. The predicted molar refractivity (Wildman–Crippen MR) is 76.9 cm³/mol. The standard InChI is InChI=1S/C15H19ClFNO2/c1-20-13-8-4-7-12(17)14(13)15(19)18-9-10-5-2-3-6-11(10)16/h4,7-8,10-11H,2-3,5-6,9H2,1H3,(H,18,19). The SMILES string of the molecule is COc1cccc(F)c1C(=O)NCC1CCCCC1Cl. The molecule has 1 N–H and O–H groups in total. The molecule has 2 rings (SSSR count). The molecule has 1 aromatic carbocycles. The first-order valence-electron chi connectivity index (χ1n) is 6.88. The minimum atomic E-state index is -0.576. The van der Waals surface area contributed by atoms with E-state index in [-0.39, 0.29) is 22.6 Å². The molecule has 1 amide bonds. The summed E-state index contributed by atoms with van der Waals surface area (Å²) in [4.78, 5) is 12.1.